The lowest BCUT2D eigenvalue weighted by Gasteiger charge is -2.25. The Morgan fingerprint density at radius 3 is 2.39 bits per heavy atom. The maximum Gasteiger partial charge on any atom is 0.260 e. The van der Waals surface area contributed by atoms with Crippen LogP contribution in [0, 0.1) is 0 Å². The predicted molar refractivity (Wildman–Crippen MR) is 131 cm³/mol. The van der Waals surface area contributed by atoms with Crippen LogP contribution in [-0.4, -0.2) is 56.2 Å². The minimum Gasteiger partial charge on any atom is -0.493 e. The fourth-order valence-corrected chi connectivity index (χ4v) is 4.50. The maximum absolute atomic E-state index is 13.5. The zero-order valence-corrected chi connectivity index (χ0v) is 20.4. The molecule has 9 heteroatoms. The van der Waals surface area contributed by atoms with Crippen LogP contribution in [0.2, 0.25) is 5.02 Å². The first-order chi connectivity index (χ1) is 14.5. The van der Waals surface area contributed by atoms with Crippen molar-refractivity contribution in [3.05, 3.63) is 47.0 Å². The largest absolute Gasteiger partial charge is 0.493 e. The van der Waals surface area contributed by atoms with Gasteiger partial charge in [0, 0.05) is 18.7 Å². The van der Waals surface area contributed by atoms with Crippen LogP contribution < -0.4 is 14.4 Å². The average Bonchev–Trinajstić information content (AvgIpc) is 3.21. The Balaban J connectivity index is 0.00000341. The van der Waals surface area contributed by atoms with Crippen molar-refractivity contribution in [3.8, 4) is 11.5 Å². The van der Waals surface area contributed by atoms with E-state index in [4.69, 9.17) is 21.1 Å². The molecule has 0 saturated heterocycles. The number of para-hydroxylation sites is 1. The lowest BCUT2D eigenvalue weighted by molar-refractivity contribution is 0.0983. The van der Waals surface area contributed by atoms with E-state index in [1.54, 1.807) is 37.3 Å². The third-order valence-electron chi connectivity index (χ3n) is 5.00. The number of likely N-dealkylation sites (N-methyl/N-ethyl adjacent to an activating group) is 1. The Morgan fingerprint density at radius 1 is 1.06 bits per heavy atom. The maximum atomic E-state index is 13.5. The van der Waals surface area contributed by atoms with Gasteiger partial charge in [0.2, 0.25) is 0 Å². The summed E-state index contributed by atoms with van der Waals surface area (Å²) in [6, 6.07) is 10.8. The summed E-state index contributed by atoms with van der Waals surface area (Å²) in [5.41, 5.74) is 1.23. The van der Waals surface area contributed by atoms with Crippen molar-refractivity contribution >= 4 is 56.6 Å². The Labute approximate surface area is 198 Å². The first-order valence-corrected chi connectivity index (χ1v) is 11.0. The molecule has 0 N–H and O–H groups in total. The highest BCUT2D eigenvalue weighted by Gasteiger charge is 2.23. The fraction of sp³-hybridized carbons (Fsp3) is 0.364. The number of thiazole rings is 1. The van der Waals surface area contributed by atoms with Crippen LogP contribution in [0.25, 0.3) is 10.2 Å². The Morgan fingerprint density at radius 2 is 1.77 bits per heavy atom. The summed E-state index contributed by atoms with van der Waals surface area (Å²) in [5.74, 6) is 0.952. The fourth-order valence-electron chi connectivity index (χ4n) is 3.21. The Hall–Kier alpha value is -2.06. The zero-order chi connectivity index (χ0) is 21.7. The van der Waals surface area contributed by atoms with Crippen LogP contribution in [0.5, 0.6) is 11.5 Å². The number of methoxy groups -OCH3 is 2. The number of carbonyl (C=O) groups excluding carboxylic acids is 1. The van der Waals surface area contributed by atoms with Gasteiger partial charge in [-0.2, -0.15) is 0 Å². The number of nitrogens with zero attached hydrogens (tertiary/aromatic N) is 3. The second-order valence-corrected chi connectivity index (χ2v) is 8.05. The lowest BCUT2D eigenvalue weighted by atomic mass is 10.1. The molecule has 3 rings (SSSR count). The molecule has 0 atom stereocenters. The van der Waals surface area contributed by atoms with Gasteiger partial charge in [-0.25, -0.2) is 4.98 Å². The number of aromatic nitrogens is 1. The number of benzene rings is 2. The third-order valence-corrected chi connectivity index (χ3v) is 6.35. The van der Waals surface area contributed by atoms with Crippen molar-refractivity contribution in [2.24, 2.45) is 0 Å². The van der Waals surface area contributed by atoms with Crippen LogP contribution in [0.4, 0.5) is 5.13 Å². The van der Waals surface area contributed by atoms with Gasteiger partial charge >= 0.3 is 0 Å². The van der Waals surface area contributed by atoms with E-state index < -0.39 is 0 Å². The van der Waals surface area contributed by atoms with Crippen LogP contribution >= 0.6 is 35.3 Å². The molecule has 168 valence electrons. The van der Waals surface area contributed by atoms with Crippen molar-refractivity contribution < 1.29 is 14.3 Å². The summed E-state index contributed by atoms with van der Waals surface area (Å²) in [5, 5.41) is 1.21. The van der Waals surface area contributed by atoms with Crippen molar-refractivity contribution in [1.82, 2.24) is 9.88 Å². The number of rotatable bonds is 9. The summed E-state index contributed by atoms with van der Waals surface area (Å²) < 4.78 is 11.6. The SMILES string of the molecule is CCN(CC)CCN(C(=O)c1ccc(OC)c(OC)c1)c1nc2c(Cl)cccc2s1.Cl. The van der Waals surface area contributed by atoms with Crippen LogP contribution in [0.15, 0.2) is 36.4 Å². The number of halogens is 2. The van der Waals surface area contributed by atoms with Gasteiger partial charge in [-0.05, 0) is 43.4 Å². The van der Waals surface area contributed by atoms with E-state index in [0.29, 0.717) is 39.3 Å². The van der Waals surface area contributed by atoms with Crippen molar-refractivity contribution in [3.63, 3.8) is 0 Å². The van der Waals surface area contributed by atoms with Crippen molar-refractivity contribution in [2.45, 2.75) is 13.8 Å². The van der Waals surface area contributed by atoms with Gasteiger partial charge in [0.1, 0.15) is 5.52 Å². The standard InChI is InChI=1S/C22H26ClN3O3S.ClH/c1-5-25(6-2)12-13-26(22-24-20-16(23)8-7-9-19(20)30-22)21(27)15-10-11-17(28-3)18(14-15)29-4;/h7-11,14H,5-6,12-13H2,1-4H3;1H. The molecule has 6 nitrogen and oxygen atoms in total. The molecule has 0 bridgehead atoms. The van der Waals surface area contributed by atoms with Crippen LogP contribution in [0.3, 0.4) is 0 Å². The Bertz CT molecular complexity index is 1020. The average molecular weight is 484 g/mol. The van der Waals surface area contributed by atoms with E-state index in [2.05, 4.69) is 23.7 Å². The molecule has 1 aromatic heterocycles. The smallest absolute Gasteiger partial charge is 0.260 e. The molecular weight excluding hydrogens is 457 g/mol. The first-order valence-electron chi connectivity index (χ1n) is 9.83. The van der Waals surface area contributed by atoms with Crippen LogP contribution in [0.1, 0.15) is 24.2 Å². The first kappa shape index (κ1) is 25.2. The molecule has 2 aromatic carbocycles. The summed E-state index contributed by atoms with van der Waals surface area (Å²) in [6.45, 7) is 7.33. The quantitative estimate of drug-likeness (QED) is 0.408. The molecule has 0 unspecified atom stereocenters. The summed E-state index contributed by atoms with van der Waals surface area (Å²) in [7, 11) is 3.13. The predicted octanol–water partition coefficient (Wildman–Crippen LogP) is 5.38. The van der Waals surface area contributed by atoms with Gasteiger partial charge in [-0.15, -0.1) is 12.4 Å². The number of anilines is 1. The van der Waals surface area contributed by atoms with E-state index in [1.807, 2.05) is 18.2 Å². The van der Waals surface area contributed by atoms with E-state index in [9.17, 15) is 4.79 Å². The molecule has 0 aliphatic heterocycles. The molecule has 1 heterocycles. The Kier molecular flexibility index (Phi) is 9.37. The zero-order valence-electron chi connectivity index (χ0n) is 18.1. The van der Waals surface area contributed by atoms with E-state index in [-0.39, 0.29) is 18.3 Å². The molecule has 1 amide bonds. The number of fused-ring (bicyclic) bond motifs is 1. The minimum absolute atomic E-state index is 0. The number of hydrogen-bond donors (Lipinski definition) is 0. The molecule has 0 fully saturated rings. The highest BCUT2D eigenvalue weighted by Crippen LogP contribution is 2.34. The second-order valence-electron chi connectivity index (χ2n) is 6.64. The number of carbonyl (C=O) groups is 1. The third kappa shape index (κ3) is 5.60. The summed E-state index contributed by atoms with van der Waals surface area (Å²) >= 11 is 7.78. The van der Waals surface area contributed by atoms with E-state index in [1.165, 1.54) is 11.3 Å². The number of amides is 1. The summed E-state index contributed by atoms with van der Waals surface area (Å²) in [6.07, 6.45) is 0. The lowest BCUT2D eigenvalue weighted by Crippen LogP contribution is -2.38. The molecule has 0 aliphatic carbocycles. The molecular formula is C22H27Cl2N3O3S. The van der Waals surface area contributed by atoms with E-state index in [0.717, 1.165) is 24.3 Å². The van der Waals surface area contributed by atoms with Gasteiger partial charge in [0.05, 0.1) is 23.9 Å². The topological polar surface area (TPSA) is 54.9 Å². The minimum atomic E-state index is -0.140. The van der Waals surface area contributed by atoms with Crippen LogP contribution in [-0.2, 0) is 0 Å². The molecule has 0 spiro atoms. The van der Waals surface area contributed by atoms with Gasteiger partial charge in [0.25, 0.3) is 5.91 Å². The number of hydrogen-bond acceptors (Lipinski definition) is 6. The second kappa shape index (κ2) is 11.5. The van der Waals surface area contributed by atoms with Crippen molar-refractivity contribution in [2.75, 3.05) is 45.3 Å². The van der Waals surface area contributed by atoms with Crippen molar-refractivity contribution in [1.29, 1.82) is 0 Å². The molecule has 3 aromatic rings. The van der Waals surface area contributed by atoms with Gasteiger partial charge in [-0.3, -0.25) is 9.69 Å². The highest BCUT2D eigenvalue weighted by molar-refractivity contribution is 7.22. The van der Waals surface area contributed by atoms with Gasteiger partial charge < -0.3 is 14.4 Å². The normalized spacial score (nSPS) is 10.8. The van der Waals surface area contributed by atoms with Gasteiger partial charge in [-0.1, -0.05) is 42.9 Å². The number of ether oxygens (including phenoxy) is 2. The van der Waals surface area contributed by atoms with Gasteiger partial charge in [0.15, 0.2) is 16.6 Å². The molecule has 31 heavy (non-hydrogen) atoms. The molecule has 0 radical (unpaired) electrons. The molecule has 0 aliphatic rings. The van der Waals surface area contributed by atoms with E-state index >= 15 is 0 Å². The molecule has 0 saturated carbocycles. The summed E-state index contributed by atoms with van der Waals surface area (Å²) in [4.78, 5) is 22.2. The monoisotopic (exact) mass is 483 g/mol. The highest BCUT2D eigenvalue weighted by atomic mass is 35.5.